The first-order chi connectivity index (χ1) is 12.6. The molecule has 1 saturated heterocycles. The number of fused-ring (bicyclic) bond motifs is 2. The average molecular weight is 350 g/mol. The number of ether oxygens (including phenoxy) is 1. The maximum atomic E-state index is 11.4. The lowest BCUT2D eigenvalue weighted by Gasteiger charge is -2.45. The van der Waals surface area contributed by atoms with Crippen LogP contribution in [0.2, 0.25) is 0 Å². The van der Waals surface area contributed by atoms with Crippen LogP contribution in [-0.4, -0.2) is 41.9 Å². The summed E-state index contributed by atoms with van der Waals surface area (Å²) in [7, 11) is 2.26. The number of rotatable bonds is 3. The molecule has 3 aliphatic rings. The normalized spacial score (nSPS) is 28.3. The number of benzene rings is 1. The Labute approximate surface area is 154 Å². The molecule has 5 rings (SSSR count). The number of carbonyl (C=O) groups excluding carboxylic acids is 1. The van der Waals surface area contributed by atoms with E-state index in [9.17, 15) is 4.79 Å². The predicted molar refractivity (Wildman–Crippen MR) is 102 cm³/mol. The van der Waals surface area contributed by atoms with Gasteiger partial charge in [-0.3, -0.25) is 4.79 Å². The summed E-state index contributed by atoms with van der Waals surface area (Å²) in [5.74, 6) is 2.16. The Morgan fingerprint density at radius 3 is 3.00 bits per heavy atom. The van der Waals surface area contributed by atoms with Gasteiger partial charge in [0.15, 0.2) is 5.78 Å². The van der Waals surface area contributed by atoms with Gasteiger partial charge in [0.1, 0.15) is 0 Å². The highest BCUT2D eigenvalue weighted by atomic mass is 16.5. The van der Waals surface area contributed by atoms with E-state index in [0.29, 0.717) is 24.3 Å². The summed E-state index contributed by atoms with van der Waals surface area (Å²) in [6.45, 7) is 3.99. The molecule has 4 heteroatoms. The topological polar surface area (TPSA) is 45.3 Å². The third-order valence-electron chi connectivity index (χ3n) is 6.59. The molecule has 1 fully saturated rings. The maximum absolute atomic E-state index is 11.4. The van der Waals surface area contributed by atoms with Crippen LogP contribution in [-0.2, 0) is 16.0 Å². The summed E-state index contributed by atoms with van der Waals surface area (Å²) >= 11 is 0. The first-order valence-corrected chi connectivity index (χ1v) is 9.76. The minimum Gasteiger partial charge on any atom is -0.497 e. The molecule has 2 heterocycles. The second-order valence-corrected chi connectivity index (χ2v) is 8.31. The zero-order chi connectivity index (χ0) is 17.8. The highest BCUT2D eigenvalue weighted by Gasteiger charge is 2.40. The smallest absolute Gasteiger partial charge is 0.159 e. The number of allylic oxidation sites excluding steroid dienone is 2. The third-order valence-corrected chi connectivity index (χ3v) is 6.59. The number of hydrogen-bond acceptors (Lipinski definition) is 3. The van der Waals surface area contributed by atoms with E-state index in [1.165, 1.54) is 34.1 Å². The lowest BCUT2D eigenvalue weighted by Crippen LogP contribution is -2.48. The Morgan fingerprint density at radius 2 is 2.19 bits per heavy atom. The predicted octanol–water partition coefficient (Wildman–Crippen LogP) is 3.70. The van der Waals surface area contributed by atoms with Crippen molar-refractivity contribution < 1.29 is 9.53 Å². The molecular weight excluding hydrogens is 324 g/mol. The summed E-state index contributed by atoms with van der Waals surface area (Å²) in [6, 6.07) is 7.29. The van der Waals surface area contributed by atoms with Gasteiger partial charge in [-0.25, -0.2) is 0 Å². The first kappa shape index (κ1) is 16.1. The van der Waals surface area contributed by atoms with Crippen molar-refractivity contribution in [2.75, 3.05) is 20.2 Å². The van der Waals surface area contributed by atoms with E-state index >= 15 is 0 Å². The highest BCUT2D eigenvalue weighted by molar-refractivity contribution is 5.92. The van der Waals surface area contributed by atoms with E-state index in [-0.39, 0.29) is 5.78 Å². The molecule has 3 atom stereocenters. The summed E-state index contributed by atoms with van der Waals surface area (Å²) in [6.07, 6.45) is 5.38. The monoisotopic (exact) mass is 350 g/mol. The van der Waals surface area contributed by atoms with Gasteiger partial charge in [0.2, 0.25) is 0 Å². The van der Waals surface area contributed by atoms with Gasteiger partial charge in [0.25, 0.3) is 0 Å². The van der Waals surface area contributed by atoms with E-state index in [0.717, 1.165) is 31.8 Å². The molecule has 0 bridgehead atoms. The van der Waals surface area contributed by atoms with Crippen LogP contribution in [0.25, 0.3) is 10.9 Å². The van der Waals surface area contributed by atoms with Crippen LogP contribution in [0.15, 0.2) is 30.0 Å². The van der Waals surface area contributed by atoms with Gasteiger partial charge in [0.05, 0.1) is 12.4 Å². The van der Waals surface area contributed by atoms with Crippen molar-refractivity contribution in [1.29, 1.82) is 0 Å². The Balaban J connectivity index is 1.41. The second-order valence-electron chi connectivity index (χ2n) is 8.31. The molecule has 2 unspecified atom stereocenters. The fourth-order valence-electron chi connectivity index (χ4n) is 5.35. The quantitative estimate of drug-likeness (QED) is 0.918. The summed E-state index contributed by atoms with van der Waals surface area (Å²) in [5, 5.41) is 1.46. The van der Waals surface area contributed by atoms with E-state index in [1.807, 2.05) is 0 Å². The molecule has 2 aliphatic carbocycles. The third kappa shape index (κ3) is 2.50. The van der Waals surface area contributed by atoms with Gasteiger partial charge in [-0.15, -0.1) is 0 Å². The van der Waals surface area contributed by atoms with Gasteiger partial charge in [-0.2, -0.15) is 0 Å². The number of hydrogen-bond donors (Lipinski definition) is 1. The van der Waals surface area contributed by atoms with E-state index in [2.05, 4.69) is 42.1 Å². The Kier molecular flexibility index (Phi) is 3.71. The summed E-state index contributed by atoms with van der Waals surface area (Å²) < 4.78 is 6.00. The lowest BCUT2D eigenvalue weighted by molar-refractivity contribution is -0.114. The number of ketones is 1. The van der Waals surface area contributed by atoms with E-state index in [1.54, 1.807) is 6.08 Å². The molecule has 26 heavy (non-hydrogen) atoms. The van der Waals surface area contributed by atoms with Crippen LogP contribution in [0, 0.1) is 12.8 Å². The maximum Gasteiger partial charge on any atom is 0.159 e. The number of piperidine rings is 1. The molecule has 0 radical (unpaired) electrons. The van der Waals surface area contributed by atoms with Crippen LogP contribution in [0.5, 0.6) is 0 Å². The first-order valence-electron chi connectivity index (χ1n) is 9.76. The summed E-state index contributed by atoms with van der Waals surface area (Å²) in [5.41, 5.74) is 5.62. The molecule has 2 aromatic rings. The number of likely N-dealkylation sites (tertiary alicyclic amines) is 1. The van der Waals surface area contributed by atoms with Crippen molar-refractivity contribution in [1.82, 2.24) is 9.88 Å². The Hall–Kier alpha value is -2.07. The Bertz CT molecular complexity index is 910. The molecule has 1 aliphatic heterocycles. The molecule has 4 nitrogen and oxygen atoms in total. The van der Waals surface area contributed by atoms with Gasteiger partial charge >= 0.3 is 0 Å². The zero-order valence-electron chi connectivity index (χ0n) is 15.5. The van der Waals surface area contributed by atoms with Crippen molar-refractivity contribution in [3.05, 3.63) is 46.9 Å². The van der Waals surface area contributed by atoms with Crippen molar-refractivity contribution in [2.24, 2.45) is 5.92 Å². The molecule has 0 amide bonds. The minimum absolute atomic E-state index is 0.204. The fourth-order valence-corrected chi connectivity index (χ4v) is 5.35. The number of aromatic nitrogens is 1. The number of aryl methyl sites for hydroxylation is 1. The molecule has 1 aromatic heterocycles. The van der Waals surface area contributed by atoms with Crippen LogP contribution in [0.4, 0.5) is 0 Å². The Morgan fingerprint density at radius 1 is 1.31 bits per heavy atom. The molecular formula is C22H26N2O2. The van der Waals surface area contributed by atoms with Gasteiger partial charge in [-0.05, 0) is 44.0 Å². The minimum atomic E-state index is 0.204. The number of carbonyl (C=O) groups is 1. The van der Waals surface area contributed by atoms with E-state index in [4.69, 9.17) is 4.74 Å². The number of H-pyrrole nitrogens is 1. The van der Waals surface area contributed by atoms with Gasteiger partial charge in [0, 0.05) is 59.9 Å². The largest absolute Gasteiger partial charge is 0.497 e. The molecule has 1 N–H and O–H groups in total. The number of nitrogens with one attached hydrogen (secondary N) is 1. The van der Waals surface area contributed by atoms with Crippen LogP contribution < -0.4 is 0 Å². The highest BCUT2D eigenvalue weighted by Crippen LogP contribution is 2.45. The van der Waals surface area contributed by atoms with Crippen molar-refractivity contribution >= 4 is 16.7 Å². The van der Waals surface area contributed by atoms with Crippen molar-refractivity contribution in [2.45, 2.75) is 44.6 Å². The molecule has 136 valence electrons. The number of nitrogens with zero attached hydrogens (tertiary/aromatic N) is 1. The van der Waals surface area contributed by atoms with Gasteiger partial charge in [-0.1, -0.05) is 12.1 Å². The molecule has 1 aromatic carbocycles. The second kappa shape index (κ2) is 5.98. The molecule has 0 saturated carbocycles. The zero-order valence-corrected chi connectivity index (χ0v) is 15.5. The standard InChI is InChI=1S/C22H26N2O2/c1-13-18-10-21-19(17-4-3-5-20(23-13)22(17)18)8-14(11-24(21)2)12-26-16-7-6-15(25)9-16/h3-5,9,14,19,21,23H,6-8,10-12H2,1-2H3/t14?,19?,21-/m1/s1. The SMILES string of the molecule is Cc1[nH]c2cccc3c2c1C[C@@H]1C3CC(COC2=CC(=O)CC2)CN1C. The van der Waals surface area contributed by atoms with E-state index < -0.39 is 0 Å². The molecule has 0 spiro atoms. The lowest BCUT2D eigenvalue weighted by atomic mass is 9.72. The van der Waals surface area contributed by atoms with Crippen LogP contribution in [0.1, 0.15) is 42.0 Å². The van der Waals surface area contributed by atoms with Crippen LogP contribution in [0.3, 0.4) is 0 Å². The number of aromatic amines is 1. The van der Waals surface area contributed by atoms with Gasteiger partial charge < -0.3 is 14.6 Å². The average Bonchev–Trinajstić information content (AvgIpc) is 3.18. The number of likely N-dealkylation sites (N-methyl/N-ethyl adjacent to an activating group) is 1. The summed E-state index contributed by atoms with van der Waals surface area (Å²) in [4.78, 5) is 17.5. The van der Waals surface area contributed by atoms with Crippen molar-refractivity contribution in [3.8, 4) is 0 Å². The fraction of sp³-hybridized carbons (Fsp3) is 0.500. The van der Waals surface area contributed by atoms with Crippen LogP contribution >= 0.6 is 0 Å². The van der Waals surface area contributed by atoms with Crippen molar-refractivity contribution in [3.63, 3.8) is 0 Å².